The summed E-state index contributed by atoms with van der Waals surface area (Å²) in [5.41, 5.74) is 0.255. The number of carbonyl (C=O) groups is 2. The molecule has 0 radical (unpaired) electrons. The van der Waals surface area contributed by atoms with Gasteiger partial charge in [-0.1, -0.05) is 38.2 Å². The van der Waals surface area contributed by atoms with E-state index in [1.165, 1.54) is 25.5 Å². The summed E-state index contributed by atoms with van der Waals surface area (Å²) in [5.74, 6) is -0.908. The molecule has 3 heterocycles. The van der Waals surface area contributed by atoms with E-state index in [-0.39, 0.29) is 29.8 Å². The molecule has 182 valence electrons. The van der Waals surface area contributed by atoms with Crippen LogP contribution in [0.25, 0.3) is 0 Å². The molecule has 4 rings (SSSR count). The maximum absolute atomic E-state index is 13.2. The van der Waals surface area contributed by atoms with Gasteiger partial charge in [-0.05, 0) is 37.3 Å². The summed E-state index contributed by atoms with van der Waals surface area (Å²) >= 11 is 0. The van der Waals surface area contributed by atoms with Gasteiger partial charge in [-0.2, -0.15) is 0 Å². The zero-order chi connectivity index (χ0) is 23.8. The highest BCUT2D eigenvalue weighted by Gasteiger charge is 2.23. The molecule has 2 aromatic rings. The lowest BCUT2D eigenvalue weighted by Crippen LogP contribution is -2.40. The van der Waals surface area contributed by atoms with Crippen LogP contribution in [0.2, 0.25) is 0 Å². The largest absolute Gasteiger partial charge is 0.376 e. The smallest absolute Gasteiger partial charge is 0.257 e. The normalized spacial score (nSPS) is 19.2. The summed E-state index contributed by atoms with van der Waals surface area (Å²) in [7, 11) is 0. The number of nitrogens with zero attached hydrogens (tertiary/aromatic N) is 2. The Morgan fingerprint density at radius 3 is 2.41 bits per heavy atom. The number of hydrogen-bond donors (Lipinski definition) is 2. The fourth-order valence-corrected chi connectivity index (χ4v) is 4.73. The SMILES string of the molecule is O=C(NCc1cccnc1)c1cn(C[C@@H]2CCCO2)cc(C(=O)NC2CCCCCCC2)c1=O. The van der Waals surface area contributed by atoms with Gasteiger partial charge in [-0.3, -0.25) is 19.4 Å². The minimum Gasteiger partial charge on any atom is -0.376 e. The third-order valence-electron chi connectivity index (χ3n) is 6.62. The fourth-order valence-electron chi connectivity index (χ4n) is 4.73. The number of ether oxygens (including phenoxy) is 1. The Kier molecular flexibility index (Phi) is 8.46. The van der Waals surface area contributed by atoms with Crippen molar-refractivity contribution in [3.05, 3.63) is 63.8 Å². The molecular formula is C26H34N4O4. The number of aromatic nitrogens is 2. The molecule has 2 fully saturated rings. The minimum atomic E-state index is -0.546. The van der Waals surface area contributed by atoms with Gasteiger partial charge >= 0.3 is 0 Å². The highest BCUT2D eigenvalue weighted by molar-refractivity contribution is 5.99. The van der Waals surface area contributed by atoms with Crippen LogP contribution in [-0.2, 0) is 17.8 Å². The van der Waals surface area contributed by atoms with Crippen molar-refractivity contribution < 1.29 is 14.3 Å². The summed E-state index contributed by atoms with van der Waals surface area (Å²) in [6.45, 7) is 1.45. The third kappa shape index (κ3) is 6.53. The first-order chi connectivity index (χ1) is 16.6. The zero-order valence-electron chi connectivity index (χ0n) is 19.6. The second kappa shape index (κ2) is 11.9. The van der Waals surface area contributed by atoms with Gasteiger partial charge in [0.05, 0.1) is 6.10 Å². The number of hydrogen-bond acceptors (Lipinski definition) is 5. The molecule has 2 N–H and O–H groups in total. The maximum atomic E-state index is 13.2. The van der Waals surface area contributed by atoms with Gasteiger partial charge in [-0.25, -0.2) is 0 Å². The zero-order valence-corrected chi connectivity index (χ0v) is 19.6. The van der Waals surface area contributed by atoms with E-state index in [9.17, 15) is 14.4 Å². The first kappa shape index (κ1) is 24.1. The van der Waals surface area contributed by atoms with Crippen LogP contribution >= 0.6 is 0 Å². The van der Waals surface area contributed by atoms with Crippen LogP contribution in [0, 0.1) is 0 Å². The minimum absolute atomic E-state index is 0.00841. The summed E-state index contributed by atoms with van der Waals surface area (Å²) < 4.78 is 7.49. The Labute approximate surface area is 200 Å². The number of nitrogens with one attached hydrogen (secondary N) is 2. The number of rotatable bonds is 7. The Balaban J connectivity index is 1.55. The first-order valence-corrected chi connectivity index (χ1v) is 12.4. The van der Waals surface area contributed by atoms with Crippen LogP contribution in [0.15, 0.2) is 41.7 Å². The van der Waals surface area contributed by atoms with Gasteiger partial charge in [0.1, 0.15) is 11.1 Å². The van der Waals surface area contributed by atoms with Crippen molar-refractivity contribution in [2.24, 2.45) is 0 Å². The van der Waals surface area contributed by atoms with Crippen molar-refractivity contribution >= 4 is 11.8 Å². The quantitative estimate of drug-likeness (QED) is 0.652. The molecule has 8 nitrogen and oxygen atoms in total. The molecule has 1 saturated heterocycles. The summed E-state index contributed by atoms with van der Waals surface area (Å²) in [4.78, 5) is 43.4. The first-order valence-electron chi connectivity index (χ1n) is 12.4. The molecule has 1 aliphatic carbocycles. The monoisotopic (exact) mass is 466 g/mol. The van der Waals surface area contributed by atoms with Crippen molar-refractivity contribution in [1.29, 1.82) is 0 Å². The molecule has 1 saturated carbocycles. The van der Waals surface area contributed by atoms with E-state index < -0.39 is 17.2 Å². The van der Waals surface area contributed by atoms with Crippen LogP contribution < -0.4 is 16.1 Å². The van der Waals surface area contributed by atoms with E-state index in [1.54, 1.807) is 29.2 Å². The molecule has 2 aromatic heterocycles. The average Bonchev–Trinajstić information content (AvgIpc) is 3.34. The second-order valence-corrected chi connectivity index (χ2v) is 9.31. The van der Waals surface area contributed by atoms with Gasteiger partial charge in [0, 0.05) is 50.5 Å². The number of amides is 2. The van der Waals surface area contributed by atoms with Gasteiger partial charge in [0.15, 0.2) is 0 Å². The van der Waals surface area contributed by atoms with Crippen molar-refractivity contribution in [1.82, 2.24) is 20.2 Å². The van der Waals surface area contributed by atoms with Crippen LogP contribution in [0.1, 0.15) is 84.1 Å². The maximum Gasteiger partial charge on any atom is 0.257 e. The molecule has 1 atom stereocenters. The van der Waals surface area contributed by atoms with E-state index in [2.05, 4.69) is 15.6 Å². The van der Waals surface area contributed by atoms with Crippen LogP contribution in [0.3, 0.4) is 0 Å². The molecule has 0 spiro atoms. The van der Waals surface area contributed by atoms with Crippen molar-refractivity contribution in [2.45, 2.75) is 83.0 Å². The molecule has 0 unspecified atom stereocenters. The molecule has 0 bridgehead atoms. The lowest BCUT2D eigenvalue weighted by molar-refractivity contribution is 0.0914. The highest BCUT2D eigenvalue weighted by atomic mass is 16.5. The molecule has 2 aliphatic rings. The van der Waals surface area contributed by atoms with Crippen molar-refractivity contribution in [3.63, 3.8) is 0 Å². The predicted molar refractivity (Wildman–Crippen MR) is 129 cm³/mol. The predicted octanol–water partition coefficient (Wildman–Crippen LogP) is 3.20. The summed E-state index contributed by atoms with van der Waals surface area (Å²) in [5, 5.41) is 5.85. The molecule has 1 aliphatic heterocycles. The summed E-state index contributed by atoms with van der Waals surface area (Å²) in [6, 6.07) is 3.69. The van der Waals surface area contributed by atoms with Crippen molar-refractivity contribution in [3.8, 4) is 0 Å². The van der Waals surface area contributed by atoms with Crippen LogP contribution in [0.5, 0.6) is 0 Å². The number of pyridine rings is 2. The standard InChI is InChI=1S/C26H34N4O4/c31-24-22(25(32)28-15-19-8-6-12-27-14-19)17-30(16-21-11-7-13-34-21)18-23(24)26(33)29-20-9-4-2-1-3-5-10-20/h6,8,12,14,17-18,20-21H,1-5,7,9-11,13,15-16H2,(H,28,32)(H,29,33)/t21-/m0/s1. The second-order valence-electron chi connectivity index (χ2n) is 9.31. The Hall–Kier alpha value is -3.00. The Morgan fingerprint density at radius 2 is 1.74 bits per heavy atom. The molecular weight excluding hydrogens is 432 g/mol. The van der Waals surface area contributed by atoms with Gasteiger partial charge in [0.25, 0.3) is 11.8 Å². The van der Waals surface area contributed by atoms with Crippen LogP contribution in [0.4, 0.5) is 0 Å². The van der Waals surface area contributed by atoms with Gasteiger partial charge < -0.3 is 19.9 Å². The number of carbonyl (C=O) groups excluding carboxylic acids is 2. The lowest BCUT2D eigenvalue weighted by atomic mass is 9.96. The van der Waals surface area contributed by atoms with Gasteiger partial charge in [0.2, 0.25) is 5.43 Å². The molecule has 8 heteroatoms. The summed E-state index contributed by atoms with van der Waals surface area (Å²) in [6.07, 6.45) is 15.9. The topological polar surface area (TPSA) is 102 Å². The van der Waals surface area contributed by atoms with E-state index in [0.717, 1.165) is 44.1 Å². The average molecular weight is 467 g/mol. The Bertz CT molecular complexity index is 1020. The van der Waals surface area contributed by atoms with Crippen LogP contribution in [-0.4, -0.2) is 40.1 Å². The van der Waals surface area contributed by atoms with E-state index in [0.29, 0.717) is 13.2 Å². The molecule has 2 amide bonds. The van der Waals surface area contributed by atoms with E-state index in [1.807, 2.05) is 6.07 Å². The fraction of sp³-hybridized carbons (Fsp3) is 0.538. The van der Waals surface area contributed by atoms with Crippen molar-refractivity contribution in [2.75, 3.05) is 6.61 Å². The molecule has 0 aromatic carbocycles. The van der Waals surface area contributed by atoms with E-state index >= 15 is 0 Å². The van der Waals surface area contributed by atoms with Gasteiger partial charge in [-0.15, -0.1) is 0 Å². The highest BCUT2D eigenvalue weighted by Crippen LogP contribution is 2.18. The van der Waals surface area contributed by atoms with E-state index in [4.69, 9.17) is 4.74 Å². The lowest BCUT2D eigenvalue weighted by Gasteiger charge is -2.21. The Morgan fingerprint density at radius 1 is 1.00 bits per heavy atom. The third-order valence-corrected chi connectivity index (χ3v) is 6.62. The molecule has 34 heavy (non-hydrogen) atoms.